The van der Waals surface area contributed by atoms with Gasteiger partial charge in [-0.05, 0) is 38.1 Å². The number of fused-ring (bicyclic) bond motifs is 1. The lowest BCUT2D eigenvalue weighted by Gasteiger charge is -2.33. The molecule has 0 saturated heterocycles. The van der Waals surface area contributed by atoms with Gasteiger partial charge in [0, 0.05) is 44.3 Å². The number of likely N-dealkylation sites (N-methyl/N-ethyl adjacent to an activating group) is 1. The lowest BCUT2D eigenvalue weighted by molar-refractivity contribution is 0.205. The third-order valence-electron chi connectivity index (χ3n) is 4.17. The number of hydrogen-bond acceptors (Lipinski definition) is 3. The van der Waals surface area contributed by atoms with Crippen LogP contribution in [0.4, 0.5) is 5.69 Å². The van der Waals surface area contributed by atoms with Crippen LogP contribution in [0.2, 0.25) is 0 Å². The molecule has 1 aliphatic rings. The van der Waals surface area contributed by atoms with Crippen molar-refractivity contribution in [3.8, 4) is 0 Å². The van der Waals surface area contributed by atoms with Gasteiger partial charge in [-0.15, -0.1) is 0 Å². The van der Waals surface area contributed by atoms with Gasteiger partial charge in [0.2, 0.25) is 0 Å². The topological polar surface area (TPSA) is 18.5 Å². The van der Waals surface area contributed by atoms with Crippen LogP contribution in [0.5, 0.6) is 0 Å². The van der Waals surface area contributed by atoms with E-state index in [-0.39, 0.29) is 0 Å². The highest BCUT2D eigenvalue weighted by molar-refractivity contribution is 5.54. The molecule has 0 saturated carbocycles. The first-order valence-corrected chi connectivity index (χ1v) is 8.26. The lowest BCUT2D eigenvalue weighted by Crippen LogP contribution is -2.38. The third-order valence-corrected chi connectivity index (χ3v) is 4.17. The van der Waals surface area contributed by atoms with Crippen LogP contribution in [-0.4, -0.2) is 56.6 Å². The SMILES string of the molecule is CC(C)CN(CCN(C)C)CC1CCNc2ccccc21. The van der Waals surface area contributed by atoms with Gasteiger partial charge in [-0.25, -0.2) is 0 Å². The van der Waals surface area contributed by atoms with E-state index < -0.39 is 0 Å². The summed E-state index contributed by atoms with van der Waals surface area (Å²) >= 11 is 0. The number of hydrogen-bond donors (Lipinski definition) is 1. The monoisotopic (exact) mass is 289 g/mol. The zero-order valence-electron chi connectivity index (χ0n) is 14.1. The van der Waals surface area contributed by atoms with Crippen LogP contribution in [0, 0.1) is 5.92 Å². The highest BCUT2D eigenvalue weighted by Crippen LogP contribution is 2.31. The molecule has 0 amide bonds. The van der Waals surface area contributed by atoms with Gasteiger partial charge in [0.05, 0.1) is 0 Å². The normalized spacial score (nSPS) is 18.1. The van der Waals surface area contributed by atoms with Crippen molar-refractivity contribution in [2.75, 3.05) is 52.1 Å². The quantitative estimate of drug-likeness (QED) is 0.832. The molecule has 3 nitrogen and oxygen atoms in total. The molecule has 1 aliphatic heterocycles. The summed E-state index contributed by atoms with van der Waals surface area (Å²) < 4.78 is 0. The molecule has 1 heterocycles. The Bertz CT molecular complexity index is 428. The van der Waals surface area contributed by atoms with Gasteiger partial charge in [-0.3, -0.25) is 0 Å². The minimum atomic E-state index is 0.670. The van der Waals surface area contributed by atoms with E-state index in [0.29, 0.717) is 5.92 Å². The van der Waals surface area contributed by atoms with E-state index in [1.807, 2.05) is 0 Å². The molecule has 3 heteroatoms. The Labute approximate surface area is 130 Å². The first-order chi connectivity index (χ1) is 10.1. The zero-order valence-corrected chi connectivity index (χ0v) is 14.1. The number of para-hydroxylation sites is 1. The molecule has 21 heavy (non-hydrogen) atoms. The maximum absolute atomic E-state index is 3.53. The average molecular weight is 289 g/mol. The molecule has 0 aromatic heterocycles. The van der Waals surface area contributed by atoms with E-state index in [4.69, 9.17) is 0 Å². The Morgan fingerprint density at radius 3 is 2.67 bits per heavy atom. The van der Waals surface area contributed by atoms with Crippen molar-refractivity contribution in [2.45, 2.75) is 26.2 Å². The van der Waals surface area contributed by atoms with Crippen molar-refractivity contribution in [3.63, 3.8) is 0 Å². The van der Waals surface area contributed by atoms with E-state index in [1.165, 1.54) is 30.8 Å². The van der Waals surface area contributed by atoms with Crippen molar-refractivity contribution >= 4 is 5.69 Å². The molecule has 1 atom stereocenters. The van der Waals surface area contributed by atoms with E-state index in [2.05, 4.69) is 67.3 Å². The Hall–Kier alpha value is -1.06. The minimum Gasteiger partial charge on any atom is -0.385 e. The van der Waals surface area contributed by atoms with Gasteiger partial charge >= 0.3 is 0 Å². The fourth-order valence-electron chi connectivity index (χ4n) is 3.17. The van der Waals surface area contributed by atoms with E-state index >= 15 is 0 Å². The predicted octanol–water partition coefficient (Wildman–Crippen LogP) is 3.11. The van der Waals surface area contributed by atoms with E-state index in [9.17, 15) is 0 Å². The summed E-state index contributed by atoms with van der Waals surface area (Å²) in [6, 6.07) is 8.82. The fourth-order valence-corrected chi connectivity index (χ4v) is 3.17. The second kappa shape index (κ2) is 7.81. The number of rotatable bonds is 7. The largest absolute Gasteiger partial charge is 0.385 e. The number of anilines is 1. The molecular formula is C18H31N3. The van der Waals surface area contributed by atoms with Gasteiger partial charge < -0.3 is 15.1 Å². The number of benzene rings is 1. The Balaban J connectivity index is 2.02. The first kappa shape index (κ1) is 16.3. The van der Waals surface area contributed by atoms with Crippen molar-refractivity contribution < 1.29 is 0 Å². The molecule has 1 unspecified atom stereocenters. The fraction of sp³-hybridized carbons (Fsp3) is 0.667. The van der Waals surface area contributed by atoms with Gasteiger partial charge in [-0.2, -0.15) is 0 Å². The summed E-state index contributed by atoms with van der Waals surface area (Å²) in [5.41, 5.74) is 2.84. The van der Waals surface area contributed by atoms with Crippen LogP contribution in [0.25, 0.3) is 0 Å². The Morgan fingerprint density at radius 2 is 1.95 bits per heavy atom. The summed E-state index contributed by atoms with van der Waals surface area (Å²) in [6.07, 6.45) is 1.24. The predicted molar refractivity (Wildman–Crippen MR) is 92.1 cm³/mol. The molecule has 118 valence electrons. The van der Waals surface area contributed by atoms with Crippen molar-refractivity contribution in [1.29, 1.82) is 0 Å². The Kier molecular flexibility index (Phi) is 6.07. The van der Waals surface area contributed by atoms with Crippen molar-refractivity contribution in [3.05, 3.63) is 29.8 Å². The smallest absolute Gasteiger partial charge is 0.0376 e. The highest BCUT2D eigenvalue weighted by atomic mass is 15.2. The summed E-state index contributed by atoms with van der Waals surface area (Å²) in [4.78, 5) is 4.93. The van der Waals surface area contributed by atoms with Crippen LogP contribution in [0.15, 0.2) is 24.3 Å². The zero-order chi connectivity index (χ0) is 15.2. The van der Waals surface area contributed by atoms with Gasteiger partial charge in [0.15, 0.2) is 0 Å². The van der Waals surface area contributed by atoms with Crippen molar-refractivity contribution in [1.82, 2.24) is 9.80 Å². The second-order valence-corrected chi connectivity index (χ2v) is 6.96. The summed E-state index contributed by atoms with van der Waals surface area (Å²) in [6.45, 7) is 10.4. The van der Waals surface area contributed by atoms with E-state index in [1.54, 1.807) is 0 Å². The molecule has 0 spiro atoms. The number of nitrogens with zero attached hydrogens (tertiary/aromatic N) is 2. The average Bonchev–Trinajstić information content (AvgIpc) is 2.44. The van der Waals surface area contributed by atoms with Gasteiger partial charge in [0.1, 0.15) is 0 Å². The highest BCUT2D eigenvalue weighted by Gasteiger charge is 2.22. The molecule has 0 radical (unpaired) electrons. The molecular weight excluding hydrogens is 258 g/mol. The number of nitrogens with one attached hydrogen (secondary N) is 1. The van der Waals surface area contributed by atoms with Crippen LogP contribution in [-0.2, 0) is 0 Å². The molecule has 0 fully saturated rings. The molecule has 1 aromatic rings. The molecule has 0 bridgehead atoms. The second-order valence-electron chi connectivity index (χ2n) is 6.96. The van der Waals surface area contributed by atoms with Crippen LogP contribution in [0.3, 0.4) is 0 Å². The minimum absolute atomic E-state index is 0.670. The molecule has 1 aromatic carbocycles. The van der Waals surface area contributed by atoms with Crippen LogP contribution >= 0.6 is 0 Å². The van der Waals surface area contributed by atoms with Crippen LogP contribution in [0.1, 0.15) is 31.7 Å². The summed E-state index contributed by atoms with van der Waals surface area (Å²) in [5, 5.41) is 3.53. The first-order valence-electron chi connectivity index (χ1n) is 8.26. The summed E-state index contributed by atoms with van der Waals surface area (Å²) in [5.74, 6) is 1.40. The maximum Gasteiger partial charge on any atom is 0.0376 e. The van der Waals surface area contributed by atoms with Crippen LogP contribution < -0.4 is 5.32 Å². The summed E-state index contributed by atoms with van der Waals surface area (Å²) in [7, 11) is 4.32. The van der Waals surface area contributed by atoms with Gasteiger partial charge in [-0.1, -0.05) is 32.0 Å². The van der Waals surface area contributed by atoms with E-state index in [0.717, 1.165) is 25.6 Å². The Morgan fingerprint density at radius 1 is 1.19 bits per heavy atom. The van der Waals surface area contributed by atoms with Gasteiger partial charge in [0.25, 0.3) is 0 Å². The molecule has 2 rings (SSSR count). The standard InChI is InChI=1S/C18H31N3/c1-15(2)13-21(12-11-20(3)4)14-16-9-10-19-18-8-6-5-7-17(16)18/h5-8,15-16,19H,9-14H2,1-4H3. The third kappa shape index (κ3) is 5.01. The van der Waals surface area contributed by atoms with Crippen molar-refractivity contribution in [2.24, 2.45) is 5.92 Å². The molecule has 0 aliphatic carbocycles. The molecule has 1 N–H and O–H groups in total. The maximum atomic E-state index is 3.53. The lowest BCUT2D eigenvalue weighted by atomic mass is 9.90.